The lowest BCUT2D eigenvalue weighted by atomic mass is 10.1. The van der Waals surface area contributed by atoms with Crippen molar-refractivity contribution in [3.05, 3.63) is 29.3 Å². The summed E-state index contributed by atoms with van der Waals surface area (Å²) in [7, 11) is 0. The maximum Gasteiger partial charge on any atom is 0.319 e. The molecule has 0 saturated carbocycles. The molecular formula is C15H19N3O3. The fourth-order valence-corrected chi connectivity index (χ4v) is 2.11. The average Bonchev–Trinajstić information content (AvgIpc) is 2.54. The fraction of sp³-hybridized carbons (Fsp3) is 0.467. The van der Waals surface area contributed by atoms with Gasteiger partial charge in [-0.3, -0.25) is 0 Å². The topological polar surface area (TPSA) is 83.4 Å². The number of urea groups is 1. The van der Waals surface area contributed by atoms with E-state index in [2.05, 4.69) is 16.7 Å². The molecule has 1 aliphatic rings. The van der Waals surface area contributed by atoms with Crippen LogP contribution in [0.2, 0.25) is 0 Å². The van der Waals surface area contributed by atoms with Crippen molar-refractivity contribution >= 4 is 11.7 Å². The van der Waals surface area contributed by atoms with Gasteiger partial charge in [-0.05, 0) is 30.2 Å². The Balaban J connectivity index is 1.88. The predicted molar refractivity (Wildman–Crippen MR) is 78.1 cm³/mol. The molecule has 1 aliphatic heterocycles. The van der Waals surface area contributed by atoms with Crippen molar-refractivity contribution in [2.75, 3.05) is 31.7 Å². The lowest BCUT2D eigenvalue weighted by molar-refractivity contribution is -0.0852. The van der Waals surface area contributed by atoms with Crippen LogP contribution < -0.4 is 10.6 Å². The molecule has 1 aromatic rings. The van der Waals surface area contributed by atoms with Crippen LogP contribution in [0.1, 0.15) is 18.1 Å². The summed E-state index contributed by atoms with van der Waals surface area (Å²) in [6.45, 7) is 4.05. The average molecular weight is 289 g/mol. The van der Waals surface area contributed by atoms with Crippen LogP contribution in [-0.4, -0.2) is 38.5 Å². The fourth-order valence-electron chi connectivity index (χ4n) is 2.11. The minimum Gasteiger partial charge on any atom is -0.376 e. The standard InChI is InChI=1S/C15H19N3O3/c1-2-12-7-11(8-16)3-4-14(12)18-15(19)17-9-13-10-20-5-6-21-13/h3-4,7,13H,2,5-6,9-10H2,1H3,(H2,17,18,19)/t13-/m1/s1. The summed E-state index contributed by atoms with van der Waals surface area (Å²) in [6, 6.07) is 7.02. The number of hydrogen-bond acceptors (Lipinski definition) is 4. The molecule has 0 aliphatic carbocycles. The van der Waals surface area contributed by atoms with Gasteiger partial charge in [0.25, 0.3) is 0 Å². The minimum atomic E-state index is -0.288. The number of ether oxygens (including phenoxy) is 2. The zero-order valence-corrected chi connectivity index (χ0v) is 12.0. The second kappa shape index (κ2) is 7.62. The molecule has 1 atom stereocenters. The predicted octanol–water partition coefficient (Wildman–Crippen LogP) is 1.66. The van der Waals surface area contributed by atoms with E-state index in [4.69, 9.17) is 14.7 Å². The number of nitrogens with one attached hydrogen (secondary N) is 2. The number of carbonyl (C=O) groups is 1. The Hall–Kier alpha value is -2.10. The number of nitrogens with zero attached hydrogens (tertiary/aromatic N) is 1. The van der Waals surface area contributed by atoms with Gasteiger partial charge in [0.2, 0.25) is 0 Å². The van der Waals surface area contributed by atoms with Gasteiger partial charge in [0.1, 0.15) is 0 Å². The van der Waals surface area contributed by atoms with E-state index in [1.54, 1.807) is 18.2 Å². The van der Waals surface area contributed by atoms with E-state index in [0.29, 0.717) is 31.9 Å². The van der Waals surface area contributed by atoms with Crippen molar-refractivity contribution in [2.24, 2.45) is 0 Å². The summed E-state index contributed by atoms with van der Waals surface area (Å²) in [5.74, 6) is 0. The second-order valence-corrected chi connectivity index (χ2v) is 4.74. The monoisotopic (exact) mass is 289 g/mol. The molecule has 1 aromatic carbocycles. The first-order valence-corrected chi connectivity index (χ1v) is 7.00. The van der Waals surface area contributed by atoms with E-state index in [1.807, 2.05) is 6.92 Å². The van der Waals surface area contributed by atoms with Crippen LogP contribution in [0.25, 0.3) is 0 Å². The highest BCUT2D eigenvalue weighted by atomic mass is 16.6. The SMILES string of the molecule is CCc1cc(C#N)ccc1NC(=O)NC[C@@H]1COCCO1. The highest BCUT2D eigenvalue weighted by Gasteiger charge is 2.15. The summed E-state index contributed by atoms with van der Waals surface area (Å²) < 4.78 is 10.7. The quantitative estimate of drug-likeness (QED) is 0.883. The summed E-state index contributed by atoms with van der Waals surface area (Å²) >= 11 is 0. The molecular weight excluding hydrogens is 270 g/mol. The summed E-state index contributed by atoms with van der Waals surface area (Å²) in [4.78, 5) is 11.9. The summed E-state index contributed by atoms with van der Waals surface area (Å²) in [5, 5.41) is 14.4. The molecule has 0 spiro atoms. The molecule has 0 unspecified atom stereocenters. The van der Waals surface area contributed by atoms with Crippen LogP contribution in [0.4, 0.5) is 10.5 Å². The molecule has 0 bridgehead atoms. The zero-order valence-electron chi connectivity index (χ0n) is 12.0. The van der Waals surface area contributed by atoms with E-state index < -0.39 is 0 Å². The Morgan fingerprint density at radius 3 is 3.00 bits per heavy atom. The maximum atomic E-state index is 11.9. The van der Waals surface area contributed by atoms with E-state index in [0.717, 1.165) is 17.7 Å². The number of amides is 2. The highest BCUT2D eigenvalue weighted by Crippen LogP contribution is 2.17. The van der Waals surface area contributed by atoms with E-state index in [9.17, 15) is 4.79 Å². The molecule has 1 fully saturated rings. The Morgan fingerprint density at radius 1 is 1.48 bits per heavy atom. The molecule has 2 amide bonds. The van der Waals surface area contributed by atoms with E-state index in [-0.39, 0.29) is 12.1 Å². The van der Waals surface area contributed by atoms with Gasteiger partial charge in [-0.25, -0.2) is 4.79 Å². The number of carbonyl (C=O) groups excluding carboxylic acids is 1. The number of aryl methyl sites for hydroxylation is 1. The van der Waals surface area contributed by atoms with Crippen molar-refractivity contribution < 1.29 is 14.3 Å². The van der Waals surface area contributed by atoms with Gasteiger partial charge in [-0.15, -0.1) is 0 Å². The Labute approximate surface area is 124 Å². The first kappa shape index (κ1) is 15.3. The number of anilines is 1. The van der Waals surface area contributed by atoms with Crippen molar-refractivity contribution in [2.45, 2.75) is 19.4 Å². The number of nitriles is 1. The summed E-state index contributed by atoms with van der Waals surface area (Å²) in [5.41, 5.74) is 2.24. The third kappa shape index (κ3) is 4.45. The second-order valence-electron chi connectivity index (χ2n) is 4.74. The zero-order chi connectivity index (χ0) is 15.1. The Morgan fingerprint density at radius 2 is 2.33 bits per heavy atom. The van der Waals surface area contributed by atoms with Crippen LogP contribution in [0.5, 0.6) is 0 Å². The molecule has 0 radical (unpaired) electrons. The molecule has 2 N–H and O–H groups in total. The number of benzene rings is 1. The van der Waals surface area contributed by atoms with Crippen LogP contribution in [-0.2, 0) is 15.9 Å². The Kier molecular flexibility index (Phi) is 5.55. The molecule has 21 heavy (non-hydrogen) atoms. The van der Waals surface area contributed by atoms with Gasteiger partial charge in [0.15, 0.2) is 0 Å². The number of hydrogen-bond donors (Lipinski definition) is 2. The van der Waals surface area contributed by atoms with Gasteiger partial charge < -0.3 is 20.1 Å². The van der Waals surface area contributed by atoms with Gasteiger partial charge in [-0.2, -0.15) is 5.26 Å². The van der Waals surface area contributed by atoms with Gasteiger partial charge >= 0.3 is 6.03 Å². The van der Waals surface area contributed by atoms with Crippen molar-refractivity contribution in [3.63, 3.8) is 0 Å². The molecule has 112 valence electrons. The third-order valence-corrected chi connectivity index (χ3v) is 3.24. The van der Waals surface area contributed by atoms with Crippen molar-refractivity contribution in [1.29, 1.82) is 5.26 Å². The molecule has 0 aromatic heterocycles. The first-order valence-electron chi connectivity index (χ1n) is 7.00. The van der Waals surface area contributed by atoms with Crippen LogP contribution >= 0.6 is 0 Å². The normalized spacial score (nSPS) is 17.8. The van der Waals surface area contributed by atoms with E-state index in [1.165, 1.54) is 0 Å². The Bertz CT molecular complexity index is 533. The van der Waals surface area contributed by atoms with Crippen LogP contribution in [0.15, 0.2) is 18.2 Å². The molecule has 2 rings (SSSR count). The number of rotatable bonds is 4. The molecule has 1 heterocycles. The van der Waals surface area contributed by atoms with Crippen molar-refractivity contribution in [3.8, 4) is 6.07 Å². The first-order chi connectivity index (χ1) is 10.2. The molecule has 1 saturated heterocycles. The lowest BCUT2D eigenvalue weighted by Gasteiger charge is -2.23. The lowest BCUT2D eigenvalue weighted by Crippen LogP contribution is -2.41. The van der Waals surface area contributed by atoms with E-state index >= 15 is 0 Å². The van der Waals surface area contributed by atoms with Crippen molar-refractivity contribution in [1.82, 2.24) is 5.32 Å². The van der Waals surface area contributed by atoms with Gasteiger partial charge in [-0.1, -0.05) is 6.92 Å². The highest BCUT2D eigenvalue weighted by molar-refractivity contribution is 5.90. The molecule has 6 nitrogen and oxygen atoms in total. The molecule has 6 heteroatoms. The van der Waals surface area contributed by atoms with Crippen LogP contribution in [0.3, 0.4) is 0 Å². The summed E-state index contributed by atoms with van der Waals surface area (Å²) in [6.07, 6.45) is 0.640. The van der Waals surface area contributed by atoms with Crippen LogP contribution in [0, 0.1) is 11.3 Å². The minimum absolute atomic E-state index is 0.101. The maximum absolute atomic E-state index is 11.9. The largest absolute Gasteiger partial charge is 0.376 e. The smallest absolute Gasteiger partial charge is 0.319 e. The van der Waals surface area contributed by atoms with Gasteiger partial charge in [0, 0.05) is 12.2 Å². The third-order valence-electron chi connectivity index (χ3n) is 3.24. The van der Waals surface area contributed by atoms with Gasteiger partial charge in [0.05, 0.1) is 37.6 Å².